The Balaban J connectivity index is 2.16. The van der Waals surface area contributed by atoms with Crippen molar-refractivity contribution in [1.82, 2.24) is 10.6 Å². The van der Waals surface area contributed by atoms with E-state index in [4.69, 9.17) is 5.73 Å². The lowest BCUT2D eigenvalue weighted by molar-refractivity contribution is -0.121. The monoisotopic (exact) mass is 235 g/mol. The fraction of sp³-hybridized carbons (Fsp3) is 0.333. The third-order valence-corrected chi connectivity index (χ3v) is 2.19. The van der Waals surface area contributed by atoms with Crippen LogP contribution in [0.25, 0.3) is 0 Å². The molecular formula is C12H17N3O2. The summed E-state index contributed by atoms with van der Waals surface area (Å²) in [5.41, 5.74) is 6.16. The fourth-order valence-electron chi connectivity index (χ4n) is 1.27. The lowest BCUT2D eigenvalue weighted by atomic mass is 10.2. The van der Waals surface area contributed by atoms with Gasteiger partial charge in [-0.1, -0.05) is 30.3 Å². The molecule has 1 rings (SSSR count). The second kappa shape index (κ2) is 7.40. The first-order valence-corrected chi connectivity index (χ1v) is 5.49. The predicted octanol–water partition coefficient (Wildman–Crippen LogP) is -0.232. The first-order chi connectivity index (χ1) is 8.22. The van der Waals surface area contributed by atoms with Gasteiger partial charge in [-0.05, 0) is 5.56 Å². The van der Waals surface area contributed by atoms with E-state index in [0.29, 0.717) is 13.1 Å². The smallest absolute Gasteiger partial charge is 0.233 e. The quantitative estimate of drug-likeness (QED) is 0.636. The topological polar surface area (TPSA) is 84.2 Å². The molecule has 92 valence electrons. The molecule has 1 aromatic rings. The molecule has 0 bridgehead atoms. The molecule has 0 saturated carbocycles. The number of hydrogen-bond donors (Lipinski definition) is 3. The summed E-state index contributed by atoms with van der Waals surface area (Å²) in [5.74, 6) is -0.341. The second-order valence-electron chi connectivity index (χ2n) is 3.57. The van der Waals surface area contributed by atoms with Gasteiger partial charge in [0.2, 0.25) is 11.8 Å². The summed E-state index contributed by atoms with van der Waals surface area (Å²) in [4.78, 5) is 22.2. The number of rotatable bonds is 6. The van der Waals surface area contributed by atoms with Crippen LogP contribution in [0.2, 0.25) is 0 Å². The largest absolute Gasteiger partial charge is 0.354 e. The van der Waals surface area contributed by atoms with E-state index in [9.17, 15) is 9.59 Å². The van der Waals surface area contributed by atoms with Crippen LogP contribution in [0, 0.1) is 0 Å². The minimum absolute atomic E-state index is 0.0500. The van der Waals surface area contributed by atoms with Gasteiger partial charge in [0.25, 0.3) is 0 Å². The molecule has 0 saturated heterocycles. The maximum atomic E-state index is 11.4. The highest BCUT2D eigenvalue weighted by Gasteiger charge is 2.02. The van der Waals surface area contributed by atoms with Crippen molar-refractivity contribution in [3.63, 3.8) is 0 Å². The molecule has 0 aliphatic rings. The standard InChI is InChI=1S/C12H17N3O2/c13-8-12(17)14-7-6-11(16)15-9-10-4-2-1-3-5-10/h1-5H,6-9,13H2,(H,14,17)(H,15,16). The maximum absolute atomic E-state index is 11.4. The molecule has 4 N–H and O–H groups in total. The molecule has 0 aliphatic carbocycles. The van der Waals surface area contributed by atoms with Crippen molar-refractivity contribution in [2.45, 2.75) is 13.0 Å². The highest BCUT2D eigenvalue weighted by molar-refractivity contribution is 5.79. The third kappa shape index (κ3) is 5.67. The van der Waals surface area contributed by atoms with Gasteiger partial charge >= 0.3 is 0 Å². The summed E-state index contributed by atoms with van der Waals surface area (Å²) in [6.07, 6.45) is 0.262. The zero-order valence-electron chi connectivity index (χ0n) is 9.61. The first kappa shape index (κ1) is 13.2. The fourth-order valence-corrected chi connectivity index (χ4v) is 1.27. The molecule has 0 unspecified atom stereocenters. The third-order valence-electron chi connectivity index (χ3n) is 2.19. The summed E-state index contributed by atoms with van der Waals surface area (Å²) in [5, 5.41) is 5.31. The van der Waals surface area contributed by atoms with E-state index in [1.54, 1.807) is 0 Å². The molecule has 0 aromatic heterocycles. The van der Waals surface area contributed by atoms with Crippen LogP contribution in [0.15, 0.2) is 30.3 Å². The number of benzene rings is 1. The van der Waals surface area contributed by atoms with E-state index >= 15 is 0 Å². The zero-order valence-corrected chi connectivity index (χ0v) is 9.61. The molecule has 2 amide bonds. The minimum Gasteiger partial charge on any atom is -0.354 e. The molecule has 0 fully saturated rings. The van der Waals surface area contributed by atoms with Gasteiger partial charge in [0.1, 0.15) is 0 Å². The van der Waals surface area contributed by atoms with Crippen molar-refractivity contribution < 1.29 is 9.59 Å². The molecule has 0 aliphatic heterocycles. The number of carbonyl (C=O) groups is 2. The van der Waals surface area contributed by atoms with E-state index in [0.717, 1.165) is 5.56 Å². The van der Waals surface area contributed by atoms with Crippen LogP contribution in [0.5, 0.6) is 0 Å². The van der Waals surface area contributed by atoms with Gasteiger partial charge in [0, 0.05) is 19.5 Å². The van der Waals surface area contributed by atoms with Gasteiger partial charge in [-0.2, -0.15) is 0 Å². The molecule has 0 spiro atoms. The lowest BCUT2D eigenvalue weighted by Crippen LogP contribution is -2.34. The lowest BCUT2D eigenvalue weighted by Gasteiger charge is -2.06. The van der Waals surface area contributed by atoms with E-state index in [-0.39, 0.29) is 24.8 Å². The molecule has 1 aromatic carbocycles. The van der Waals surface area contributed by atoms with Crippen LogP contribution >= 0.6 is 0 Å². The zero-order chi connectivity index (χ0) is 12.5. The Labute approximate surface area is 100 Å². The van der Waals surface area contributed by atoms with Crippen molar-refractivity contribution >= 4 is 11.8 Å². The molecule has 0 heterocycles. The Bertz CT molecular complexity index is 365. The molecule has 5 heteroatoms. The highest BCUT2D eigenvalue weighted by atomic mass is 16.2. The molecular weight excluding hydrogens is 218 g/mol. The van der Waals surface area contributed by atoms with E-state index in [2.05, 4.69) is 10.6 Å². The number of amides is 2. The number of carbonyl (C=O) groups excluding carboxylic acids is 2. The van der Waals surface area contributed by atoms with E-state index < -0.39 is 0 Å². The summed E-state index contributed by atoms with van der Waals surface area (Å²) in [6, 6.07) is 9.65. The summed E-state index contributed by atoms with van der Waals surface area (Å²) in [7, 11) is 0. The van der Waals surface area contributed by atoms with Gasteiger partial charge < -0.3 is 16.4 Å². The Morgan fingerprint density at radius 1 is 1.06 bits per heavy atom. The van der Waals surface area contributed by atoms with Crippen LogP contribution in [-0.2, 0) is 16.1 Å². The summed E-state index contributed by atoms with van der Waals surface area (Å²) >= 11 is 0. The molecule has 5 nitrogen and oxygen atoms in total. The first-order valence-electron chi connectivity index (χ1n) is 5.49. The average Bonchev–Trinajstić information content (AvgIpc) is 2.37. The molecule has 17 heavy (non-hydrogen) atoms. The van der Waals surface area contributed by atoms with Gasteiger partial charge in [0.15, 0.2) is 0 Å². The minimum atomic E-state index is -0.249. The van der Waals surface area contributed by atoms with Crippen molar-refractivity contribution in [3.05, 3.63) is 35.9 Å². The van der Waals surface area contributed by atoms with Gasteiger partial charge in [0.05, 0.1) is 6.54 Å². The van der Waals surface area contributed by atoms with E-state index in [1.165, 1.54) is 0 Å². The normalized spacial score (nSPS) is 9.71. The molecule has 0 atom stereocenters. The maximum Gasteiger partial charge on any atom is 0.233 e. The van der Waals surface area contributed by atoms with Gasteiger partial charge in [-0.25, -0.2) is 0 Å². The van der Waals surface area contributed by atoms with Crippen molar-refractivity contribution in [1.29, 1.82) is 0 Å². The predicted molar refractivity (Wildman–Crippen MR) is 65.0 cm³/mol. The Hall–Kier alpha value is -1.88. The Morgan fingerprint density at radius 2 is 1.76 bits per heavy atom. The summed E-state index contributed by atoms with van der Waals surface area (Å²) < 4.78 is 0. The van der Waals surface area contributed by atoms with Gasteiger partial charge in [-0.3, -0.25) is 9.59 Å². The Kier molecular flexibility index (Phi) is 5.74. The van der Waals surface area contributed by atoms with Gasteiger partial charge in [-0.15, -0.1) is 0 Å². The van der Waals surface area contributed by atoms with Crippen molar-refractivity contribution in [2.75, 3.05) is 13.1 Å². The van der Waals surface area contributed by atoms with Crippen LogP contribution in [0.1, 0.15) is 12.0 Å². The summed E-state index contributed by atoms with van der Waals surface area (Å²) in [6.45, 7) is 0.771. The van der Waals surface area contributed by atoms with Crippen LogP contribution < -0.4 is 16.4 Å². The van der Waals surface area contributed by atoms with E-state index in [1.807, 2.05) is 30.3 Å². The number of nitrogens with one attached hydrogen (secondary N) is 2. The van der Waals surface area contributed by atoms with Crippen LogP contribution in [-0.4, -0.2) is 24.9 Å². The number of hydrogen-bond acceptors (Lipinski definition) is 3. The van der Waals surface area contributed by atoms with Crippen molar-refractivity contribution in [2.24, 2.45) is 5.73 Å². The second-order valence-corrected chi connectivity index (χ2v) is 3.57. The molecule has 0 radical (unpaired) electrons. The van der Waals surface area contributed by atoms with Crippen molar-refractivity contribution in [3.8, 4) is 0 Å². The highest BCUT2D eigenvalue weighted by Crippen LogP contribution is 1.97. The average molecular weight is 235 g/mol. The van der Waals surface area contributed by atoms with Crippen LogP contribution in [0.3, 0.4) is 0 Å². The Morgan fingerprint density at radius 3 is 2.41 bits per heavy atom. The van der Waals surface area contributed by atoms with Crippen LogP contribution in [0.4, 0.5) is 0 Å². The number of nitrogens with two attached hydrogens (primary N) is 1. The SMILES string of the molecule is NCC(=O)NCCC(=O)NCc1ccccc1.